The molecule has 0 radical (unpaired) electrons. The van der Waals surface area contributed by atoms with Crippen LogP contribution in [0.25, 0.3) is 10.9 Å². The lowest BCUT2D eigenvalue weighted by Crippen LogP contribution is -2.09. The lowest BCUT2D eigenvalue weighted by atomic mass is 10.1. The van der Waals surface area contributed by atoms with Gasteiger partial charge in [0, 0.05) is 35.4 Å². The van der Waals surface area contributed by atoms with Crippen molar-refractivity contribution in [1.82, 2.24) is 9.97 Å². The van der Waals surface area contributed by atoms with Gasteiger partial charge in [0.05, 0.1) is 31.1 Å². The van der Waals surface area contributed by atoms with Crippen LogP contribution in [0.5, 0.6) is 11.5 Å². The van der Waals surface area contributed by atoms with Crippen molar-refractivity contribution in [2.24, 2.45) is 0 Å². The average Bonchev–Trinajstić information content (AvgIpc) is 2.99. The summed E-state index contributed by atoms with van der Waals surface area (Å²) in [6.45, 7) is 4.20. The van der Waals surface area contributed by atoms with Crippen molar-refractivity contribution in [3.05, 3.63) is 41.0 Å². The Hall–Kier alpha value is -2.34. The molecular formula is C18H21N3O2S. The van der Waals surface area contributed by atoms with Crippen LogP contribution in [0, 0.1) is 0 Å². The summed E-state index contributed by atoms with van der Waals surface area (Å²) in [5.74, 6) is 1.60. The molecule has 0 saturated carbocycles. The number of benzene rings is 1. The number of nitrogens with one attached hydrogen (secondary N) is 1. The number of ether oxygens (including phenoxy) is 2. The van der Waals surface area contributed by atoms with E-state index in [-0.39, 0.29) is 0 Å². The molecule has 5 nitrogen and oxygen atoms in total. The van der Waals surface area contributed by atoms with Gasteiger partial charge in [0.1, 0.15) is 11.5 Å². The van der Waals surface area contributed by atoms with E-state index in [9.17, 15) is 0 Å². The van der Waals surface area contributed by atoms with Gasteiger partial charge in [0.25, 0.3) is 0 Å². The number of nitrogens with zero attached hydrogens (tertiary/aromatic N) is 2. The van der Waals surface area contributed by atoms with Crippen molar-refractivity contribution in [3.63, 3.8) is 0 Å². The first-order valence-electron chi connectivity index (χ1n) is 7.81. The Morgan fingerprint density at radius 2 is 1.92 bits per heavy atom. The van der Waals surface area contributed by atoms with Gasteiger partial charge >= 0.3 is 0 Å². The highest BCUT2D eigenvalue weighted by molar-refractivity contribution is 7.13. The summed E-state index contributed by atoms with van der Waals surface area (Å²) in [6.07, 6.45) is 0.666. The van der Waals surface area contributed by atoms with E-state index in [2.05, 4.69) is 29.5 Å². The van der Waals surface area contributed by atoms with Gasteiger partial charge < -0.3 is 14.8 Å². The highest BCUT2D eigenvalue weighted by Gasteiger charge is 2.10. The zero-order valence-corrected chi connectivity index (χ0v) is 15.1. The number of fused-ring (bicyclic) bond motifs is 1. The number of hydrogen-bond acceptors (Lipinski definition) is 6. The van der Waals surface area contributed by atoms with Crippen molar-refractivity contribution in [2.45, 2.75) is 26.3 Å². The van der Waals surface area contributed by atoms with E-state index in [4.69, 9.17) is 14.5 Å². The zero-order valence-electron chi connectivity index (χ0n) is 14.3. The summed E-state index contributed by atoms with van der Waals surface area (Å²) in [4.78, 5) is 9.36. The summed E-state index contributed by atoms with van der Waals surface area (Å²) >= 11 is 1.62. The van der Waals surface area contributed by atoms with Crippen LogP contribution in [0.4, 0.5) is 5.13 Å². The summed E-state index contributed by atoms with van der Waals surface area (Å²) in [5, 5.41) is 7.30. The molecule has 0 atom stereocenters. The minimum Gasteiger partial charge on any atom is -0.497 e. The molecule has 0 bridgehead atoms. The highest BCUT2D eigenvalue weighted by Crippen LogP contribution is 2.29. The van der Waals surface area contributed by atoms with Gasteiger partial charge in [-0.05, 0) is 26.0 Å². The number of pyridine rings is 1. The molecule has 0 aliphatic rings. The minimum absolute atomic E-state index is 0.371. The number of rotatable bonds is 6. The van der Waals surface area contributed by atoms with Crippen molar-refractivity contribution < 1.29 is 9.47 Å². The Labute approximate surface area is 145 Å². The summed E-state index contributed by atoms with van der Waals surface area (Å²) in [5.41, 5.74) is 2.79. The second-order valence-electron chi connectivity index (χ2n) is 5.82. The van der Waals surface area contributed by atoms with E-state index in [1.807, 2.05) is 24.3 Å². The Morgan fingerprint density at radius 1 is 1.08 bits per heavy atom. The zero-order chi connectivity index (χ0) is 17.1. The molecule has 2 heterocycles. The molecular weight excluding hydrogens is 322 g/mol. The SMILES string of the molecule is COc1ccc2c(OC)cc(Cc3csc(NC(C)C)n3)nc2c1. The molecule has 6 heteroatoms. The van der Waals surface area contributed by atoms with E-state index >= 15 is 0 Å². The Balaban J connectivity index is 1.92. The molecule has 0 spiro atoms. The second kappa shape index (κ2) is 7.05. The molecule has 0 amide bonds. The van der Waals surface area contributed by atoms with Gasteiger partial charge in [-0.2, -0.15) is 0 Å². The fourth-order valence-electron chi connectivity index (χ4n) is 2.50. The van der Waals surface area contributed by atoms with E-state index in [1.54, 1.807) is 25.6 Å². The van der Waals surface area contributed by atoms with Crippen LogP contribution >= 0.6 is 11.3 Å². The lowest BCUT2D eigenvalue weighted by molar-refractivity contribution is 0.414. The smallest absolute Gasteiger partial charge is 0.183 e. The molecule has 1 aromatic carbocycles. The number of hydrogen-bond donors (Lipinski definition) is 1. The van der Waals surface area contributed by atoms with Crippen LogP contribution in [0.3, 0.4) is 0 Å². The minimum atomic E-state index is 0.371. The first kappa shape index (κ1) is 16.5. The lowest BCUT2D eigenvalue weighted by Gasteiger charge is -2.09. The summed E-state index contributed by atoms with van der Waals surface area (Å²) < 4.78 is 10.8. The Kier molecular flexibility index (Phi) is 4.85. The molecule has 3 rings (SSSR count). The predicted octanol–water partition coefficient (Wildman–Crippen LogP) is 4.12. The fraction of sp³-hybridized carbons (Fsp3) is 0.333. The van der Waals surface area contributed by atoms with Gasteiger partial charge in [0.15, 0.2) is 5.13 Å². The van der Waals surface area contributed by atoms with Gasteiger partial charge in [-0.1, -0.05) is 0 Å². The topological polar surface area (TPSA) is 56.3 Å². The molecule has 126 valence electrons. The molecule has 0 unspecified atom stereocenters. The molecule has 2 aromatic heterocycles. The molecule has 3 aromatic rings. The highest BCUT2D eigenvalue weighted by atomic mass is 32.1. The van der Waals surface area contributed by atoms with Gasteiger partial charge in [-0.25, -0.2) is 4.98 Å². The maximum absolute atomic E-state index is 5.53. The normalized spacial score (nSPS) is 11.0. The van der Waals surface area contributed by atoms with Gasteiger partial charge in [0.2, 0.25) is 0 Å². The molecule has 24 heavy (non-hydrogen) atoms. The quantitative estimate of drug-likeness (QED) is 0.729. The maximum Gasteiger partial charge on any atom is 0.183 e. The summed E-state index contributed by atoms with van der Waals surface area (Å²) in [7, 11) is 3.33. The van der Waals surface area contributed by atoms with Crippen LogP contribution in [0.15, 0.2) is 29.6 Å². The van der Waals surface area contributed by atoms with Crippen LogP contribution in [-0.2, 0) is 6.42 Å². The van der Waals surface area contributed by atoms with Crippen LogP contribution < -0.4 is 14.8 Å². The Bertz CT molecular complexity index is 845. The van der Waals surface area contributed by atoms with Crippen LogP contribution in [-0.4, -0.2) is 30.2 Å². The predicted molar refractivity (Wildman–Crippen MR) is 98.5 cm³/mol. The fourth-order valence-corrected chi connectivity index (χ4v) is 3.36. The van der Waals surface area contributed by atoms with Crippen LogP contribution in [0.1, 0.15) is 25.2 Å². The van der Waals surface area contributed by atoms with E-state index in [0.29, 0.717) is 12.5 Å². The van der Waals surface area contributed by atoms with Crippen LogP contribution in [0.2, 0.25) is 0 Å². The van der Waals surface area contributed by atoms with E-state index in [1.165, 1.54) is 0 Å². The number of methoxy groups -OCH3 is 2. The monoisotopic (exact) mass is 343 g/mol. The number of aromatic nitrogens is 2. The van der Waals surface area contributed by atoms with Crippen molar-refractivity contribution in [1.29, 1.82) is 0 Å². The van der Waals surface area contributed by atoms with E-state index < -0.39 is 0 Å². The van der Waals surface area contributed by atoms with Crippen molar-refractivity contribution >= 4 is 27.4 Å². The standard InChI is InChI=1S/C18H21N3O2S/c1-11(2)19-18-21-13(10-24-18)7-12-8-17(23-4)15-6-5-14(22-3)9-16(15)20-12/h5-6,8-11H,7H2,1-4H3,(H,19,21). The number of anilines is 1. The van der Waals surface area contributed by atoms with E-state index in [0.717, 1.165) is 38.9 Å². The third-order valence-corrected chi connectivity index (χ3v) is 4.40. The van der Waals surface area contributed by atoms with Gasteiger partial charge in [-0.3, -0.25) is 4.98 Å². The maximum atomic E-state index is 5.53. The molecule has 0 aliphatic carbocycles. The number of thiazole rings is 1. The first-order valence-corrected chi connectivity index (χ1v) is 8.69. The third kappa shape index (κ3) is 3.59. The van der Waals surface area contributed by atoms with Crippen molar-refractivity contribution in [3.8, 4) is 11.5 Å². The molecule has 0 fully saturated rings. The third-order valence-electron chi connectivity index (χ3n) is 3.58. The van der Waals surface area contributed by atoms with Crippen molar-refractivity contribution in [2.75, 3.05) is 19.5 Å². The van der Waals surface area contributed by atoms with Gasteiger partial charge in [-0.15, -0.1) is 11.3 Å². The molecule has 0 saturated heterocycles. The summed E-state index contributed by atoms with van der Waals surface area (Å²) in [6, 6.07) is 8.15. The largest absolute Gasteiger partial charge is 0.497 e. The first-order chi connectivity index (χ1) is 11.6. The molecule has 1 N–H and O–H groups in total. The molecule has 0 aliphatic heterocycles. The second-order valence-corrected chi connectivity index (χ2v) is 6.68. The Morgan fingerprint density at radius 3 is 2.62 bits per heavy atom. The average molecular weight is 343 g/mol.